The lowest BCUT2D eigenvalue weighted by Crippen LogP contribution is -2.81. The van der Waals surface area contributed by atoms with Crippen LogP contribution in [0.5, 0.6) is 5.75 Å². The fourth-order valence-corrected chi connectivity index (χ4v) is 22.2. The van der Waals surface area contributed by atoms with Crippen molar-refractivity contribution in [3.05, 3.63) is 158 Å². The second kappa shape index (κ2) is 34.9. The number of hydrogen-bond donors (Lipinski definition) is 10. The van der Waals surface area contributed by atoms with Crippen molar-refractivity contribution < 1.29 is 83.5 Å². The number of aliphatic hydroxyl groups excluding tert-OH is 4. The molecule has 2 amide bonds. The van der Waals surface area contributed by atoms with Crippen LogP contribution in [-0.2, 0) is 76.4 Å². The minimum Gasteiger partial charge on any atom is -0.496 e. The molecule has 3 saturated heterocycles. The number of rotatable bonds is 33. The number of aryl methyl sites for hydroxylation is 3. The Kier molecular flexibility index (Phi) is 25.3. The summed E-state index contributed by atoms with van der Waals surface area (Å²) >= 11 is 0. The molecule has 31 heteroatoms. The van der Waals surface area contributed by atoms with Crippen LogP contribution in [0.3, 0.4) is 0 Å². The molecule has 1 spiro atoms. The van der Waals surface area contributed by atoms with Crippen LogP contribution in [0.2, 0.25) is 0 Å². The Morgan fingerprint density at radius 3 is 2.42 bits per heavy atom. The van der Waals surface area contributed by atoms with Gasteiger partial charge in [0.05, 0.1) is 61.4 Å². The normalized spacial score (nSPS) is 29.3. The Morgan fingerprint density at radius 1 is 0.862 bits per heavy atom. The number of allylic oxidation sites excluding steroid dienone is 1. The van der Waals surface area contributed by atoms with Crippen molar-refractivity contribution in [1.82, 2.24) is 50.4 Å². The zero-order valence-corrected chi connectivity index (χ0v) is 68.2. The van der Waals surface area contributed by atoms with E-state index in [2.05, 4.69) is 95.9 Å². The highest BCUT2D eigenvalue weighted by atomic mass is 33.1. The molecule has 2 bridgehead atoms. The number of H-pyrrole nitrogens is 1. The number of ketones is 3. The number of carbonyl (C=O) groups is 6. The number of aliphatic hydroxyl groups is 6. The smallest absolute Gasteiger partial charge is 0.407 e. The Hall–Kier alpha value is -8.31. The molecule has 1 saturated carbocycles. The average Bonchev–Trinajstić information content (AvgIpc) is 1.47. The number of methoxy groups -OCH3 is 1. The van der Waals surface area contributed by atoms with E-state index in [0.29, 0.717) is 123 Å². The van der Waals surface area contributed by atoms with Crippen molar-refractivity contribution in [3.8, 4) is 5.75 Å². The Balaban J connectivity index is 0.584. The quantitative estimate of drug-likeness (QED) is 0.01000. The number of aliphatic carboxylic acids is 1. The Morgan fingerprint density at radius 2 is 1.65 bits per heavy atom. The Labute approximate surface area is 681 Å². The molecule has 3 aromatic carbocycles. The van der Waals surface area contributed by atoms with Crippen LogP contribution in [0.4, 0.5) is 10.5 Å². The molecule has 4 unspecified atom stereocenters. The third-order valence-electron chi connectivity index (χ3n) is 25.9. The number of aromatic nitrogens is 6. The van der Waals surface area contributed by atoms with Crippen molar-refractivity contribution in [2.75, 3.05) is 83.0 Å². The largest absolute Gasteiger partial charge is 0.496 e. The number of piperidine rings is 1. The number of aromatic amines is 1. The summed E-state index contributed by atoms with van der Waals surface area (Å²) in [6, 6.07) is 19.9. The highest BCUT2D eigenvalue weighted by Crippen LogP contribution is 2.68. The second-order valence-electron chi connectivity index (χ2n) is 33.1. The summed E-state index contributed by atoms with van der Waals surface area (Å²) in [6.07, 6.45) is 3.07. The predicted molar refractivity (Wildman–Crippen MR) is 434 cm³/mol. The highest BCUT2D eigenvalue weighted by Gasteiger charge is 2.78. The van der Waals surface area contributed by atoms with E-state index in [-0.39, 0.29) is 80.0 Å². The zero-order valence-electron chi connectivity index (χ0n) is 66.5. The van der Waals surface area contributed by atoms with E-state index in [4.69, 9.17) is 18.9 Å². The molecule has 622 valence electrons. The van der Waals surface area contributed by atoms with E-state index < -0.39 is 107 Å². The first-order valence-corrected chi connectivity index (χ1v) is 43.1. The molecule has 8 aliphatic rings. The molecule has 6 aliphatic heterocycles. The van der Waals surface area contributed by atoms with Gasteiger partial charge in [-0.15, -0.1) is 5.10 Å². The number of carbonyl (C=O) groups excluding carboxylic acids is 5. The summed E-state index contributed by atoms with van der Waals surface area (Å²) < 4.78 is 24.3. The van der Waals surface area contributed by atoms with E-state index >= 15 is 4.79 Å². The van der Waals surface area contributed by atoms with E-state index in [1.807, 2.05) is 43.2 Å². The van der Waals surface area contributed by atoms with Crippen LogP contribution in [-0.4, -0.2) is 255 Å². The summed E-state index contributed by atoms with van der Waals surface area (Å²) in [5.41, 5.74) is 6.01. The molecule has 29 nitrogen and oxygen atoms in total. The number of nitrogens with one attached hydrogen (secondary N) is 3. The van der Waals surface area contributed by atoms with Crippen LogP contribution in [0.1, 0.15) is 153 Å². The van der Waals surface area contributed by atoms with Gasteiger partial charge < -0.3 is 75.2 Å². The number of amides is 2. The molecule has 4 fully saturated rings. The first-order valence-electron chi connectivity index (χ1n) is 40.6. The number of Topliss-reactive ketones (excluding diaryl/α,β-unsaturated/α-hetero) is 3. The van der Waals surface area contributed by atoms with Gasteiger partial charge in [0.15, 0.2) is 40.9 Å². The van der Waals surface area contributed by atoms with Gasteiger partial charge in [-0.3, -0.25) is 38.8 Å². The number of unbranched alkanes of at least 4 members (excludes halogenated alkanes) is 1. The number of alkyl carbamates (subject to hydrolysis) is 1. The average molecular weight is 1630 g/mol. The van der Waals surface area contributed by atoms with Crippen LogP contribution in [0.15, 0.2) is 102 Å². The molecule has 6 aromatic rings. The third-order valence-corrected chi connectivity index (χ3v) is 28.3. The van der Waals surface area contributed by atoms with Gasteiger partial charge in [-0.2, -0.15) is 0 Å². The Bertz CT molecular complexity index is 4810. The highest BCUT2D eigenvalue weighted by molar-refractivity contribution is 8.76. The van der Waals surface area contributed by atoms with Crippen LogP contribution < -0.4 is 25.8 Å². The number of hydrogen-bond acceptors (Lipinski definition) is 26. The summed E-state index contributed by atoms with van der Waals surface area (Å²) in [4.78, 5) is 113. The zero-order chi connectivity index (χ0) is 82.2. The molecule has 0 radical (unpaired) electrons. The van der Waals surface area contributed by atoms with E-state index in [0.717, 1.165) is 54.7 Å². The van der Waals surface area contributed by atoms with Crippen molar-refractivity contribution in [1.29, 1.82) is 0 Å². The standard InChI is InChI=1S/C85H107N11O18S2/c1-7-82(109)43-51-42-81(4,58-38-53-15-9-10-16-56(53)57(58)26-30-94(46-51)48-82)60-40-59-63(41-66(60)111-6)93(5)78-84(59)28-31-95-29-14-27-83(8-2,77(84)95)79(107)85(78,110)67(99)45-87-80(108)113-34-36-116-115-35-13-18-65(98)61(39-55-47-96(92-91-55)32-33-112-76-72(103)70(101)71(102)73(114-76)75(105)106)90-68(100)19-12-11-17-64(97)52-23-20-50(21-24-52)22-25-54-44-86-62-37-49(3)88-74(104)69(62)89-54/h9-10,14-16,20-21,23-24,27,37,40-41,44,47,51,61,70-73,76-79,101-103,107,109-110H,7-8,11-13,17-19,22,25-26,28-36,38-39,42-43,45-46,48H2,1-6H3,(H,87,108)(H,88,104)(H,90,100)(H,105,106)/t51-,61-,70-,71?,72-,73?,76?,77-,78+,79+,81-,82-,83+,84+,85-/m0/s1. The summed E-state index contributed by atoms with van der Waals surface area (Å²) in [6.45, 7) is 11.0. The minimum absolute atomic E-state index is 0.00400. The van der Waals surface area contributed by atoms with E-state index in [1.165, 1.54) is 54.7 Å². The third kappa shape index (κ3) is 16.4. The molecular formula is C85H107N11O18S2. The number of fused-ring (bicyclic) bond motifs is 6. The summed E-state index contributed by atoms with van der Waals surface area (Å²) in [5.74, 6) is -1.41. The summed E-state index contributed by atoms with van der Waals surface area (Å²) in [7, 11) is 6.44. The van der Waals surface area contributed by atoms with Gasteiger partial charge in [0.1, 0.15) is 36.8 Å². The number of carboxylic acid groups (broad SMARTS) is 1. The van der Waals surface area contributed by atoms with Gasteiger partial charge in [0, 0.05) is 134 Å². The molecular weight excluding hydrogens is 1530 g/mol. The van der Waals surface area contributed by atoms with E-state index in [9.17, 15) is 64.5 Å². The van der Waals surface area contributed by atoms with Crippen LogP contribution >= 0.6 is 21.6 Å². The SMILES string of the molecule is CC[C@]1(O)C[C@H]2CN(CCC3=C(Cc4ccccc43)[C@@](C)(c3cc4c(cc3OC)N(C)[C@H]3[C@@](O)(C(=O)CNC(=O)OCCSSCCCC(=O)[C@H](Cc5cn(CCOC6OC(C(=O)O)C(O)[C@H](O)[C@@H]6O)nn5)NC(=O)CCCCC(=O)c5ccc(CCc6cnc7cc(C)[nH]c(=O)c7n6)cc5)[C@H](O)[C@]5(CC)C=CCN6CC[C@]43[C@@H]65)C2)C1. The molecule has 3 aromatic heterocycles. The molecule has 9 heterocycles. The first-order chi connectivity index (χ1) is 55.6. The second-order valence-corrected chi connectivity index (χ2v) is 35.8. The maximum Gasteiger partial charge on any atom is 0.407 e. The van der Waals surface area contributed by atoms with Crippen molar-refractivity contribution in [2.45, 2.75) is 214 Å². The van der Waals surface area contributed by atoms with Crippen molar-refractivity contribution in [3.63, 3.8) is 0 Å². The fourth-order valence-electron chi connectivity index (χ4n) is 20.3. The van der Waals surface area contributed by atoms with Gasteiger partial charge in [-0.1, -0.05) is 114 Å². The van der Waals surface area contributed by atoms with E-state index in [1.54, 1.807) is 38.4 Å². The number of benzene rings is 3. The molecule has 10 N–H and O–H groups in total. The van der Waals surface area contributed by atoms with Gasteiger partial charge in [0.2, 0.25) is 5.91 Å². The van der Waals surface area contributed by atoms with Crippen molar-refractivity contribution >= 4 is 79.2 Å². The number of likely N-dealkylation sites (N-methyl/N-ethyl adjacent to an activating group) is 1. The molecule has 14 rings (SSSR count). The maximum atomic E-state index is 15.4. The number of nitrogens with zero attached hydrogens (tertiary/aromatic N) is 8. The molecule has 2 aliphatic carbocycles. The van der Waals surface area contributed by atoms with Crippen LogP contribution in [0.25, 0.3) is 16.6 Å². The predicted octanol–water partition coefficient (Wildman–Crippen LogP) is 5.84. The van der Waals surface area contributed by atoms with Gasteiger partial charge >= 0.3 is 12.1 Å². The topological polar surface area (TPSA) is 404 Å². The minimum atomic E-state index is -2.41. The maximum absolute atomic E-state index is 15.4. The number of ether oxygens (including phenoxy) is 4. The molecule has 16 atom stereocenters. The monoisotopic (exact) mass is 1630 g/mol. The fraction of sp³-hybridized carbons (Fsp3) is 0.565. The van der Waals surface area contributed by atoms with Crippen LogP contribution in [0, 0.1) is 18.3 Å². The summed E-state index contributed by atoms with van der Waals surface area (Å²) in [5, 5.41) is 93.0. The number of pyridine rings is 1. The van der Waals surface area contributed by atoms with Gasteiger partial charge in [-0.25, -0.2) is 19.3 Å². The van der Waals surface area contributed by atoms with Gasteiger partial charge in [-0.05, 0) is 136 Å². The lowest BCUT2D eigenvalue weighted by Gasteiger charge is -2.63. The first kappa shape index (κ1) is 84.2. The molecule has 116 heavy (non-hydrogen) atoms. The number of anilines is 1. The van der Waals surface area contributed by atoms with Crippen molar-refractivity contribution in [2.24, 2.45) is 11.3 Å². The lowest BCUT2D eigenvalue weighted by atomic mass is 9.47. The van der Waals surface area contributed by atoms with Gasteiger partial charge in [0.25, 0.3) is 5.56 Å². The lowest BCUT2D eigenvalue weighted by molar-refractivity contribution is -0.294. The number of carboxylic acids is 1.